The van der Waals surface area contributed by atoms with E-state index in [1.54, 1.807) is 0 Å². The van der Waals surface area contributed by atoms with Crippen LogP contribution in [-0.4, -0.2) is 32.8 Å². The minimum Gasteiger partial charge on any atom is -0.340 e. The molecule has 1 saturated heterocycles. The van der Waals surface area contributed by atoms with E-state index in [9.17, 15) is 4.39 Å². The van der Waals surface area contributed by atoms with Crippen molar-refractivity contribution in [3.05, 3.63) is 36.2 Å². The van der Waals surface area contributed by atoms with Gasteiger partial charge in [0.2, 0.25) is 5.95 Å². The van der Waals surface area contributed by atoms with Crippen molar-refractivity contribution in [2.24, 2.45) is 5.92 Å². The van der Waals surface area contributed by atoms with E-state index in [-0.39, 0.29) is 0 Å². The molecule has 0 spiro atoms. The van der Waals surface area contributed by atoms with Crippen LogP contribution in [0.15, 0.2) is 24.8 Å². The third-order valence-electron chi connectivity index (χ3n) is 3.05. The van der Waals surface area contributed by atoms with Gasteiger partial charge < -0.3 is 4.90 Å². The van der Waals surface area contributed by atoms with Gasteiger partial charge in [0, 0.05) is 31.7 Å². The van der Waals surface area contributed by atoms with Gasteiger partial charge in [-0.2, -0.15) is 5.10 Å². The topological polar surface area (TPSA) is 46.8 Å². The Morgan fingerprint density at radius 3 is 2.61 bits per heavy atom. The molecule has 0 N–H and O–H groups in total. The molecule has 0 atom stereocenters. The lowest BCUT2D eigenvalue weighted by molar-refractivity contribution is 0.337. The molecule has 0 radical (unpaired) electrons. The van der Waals surface area contributed by atoms with Crippen LogP contribution in [0.5, 0.6) is 0 Å². The van der Waals surface area contributed by atoms with Gasteiger partial charge in [-0.1, -0.05) is 0 Å². The molecule has 0 aromatic carbocycles. The molecule has 1 fully saturated rings. The summed E-state index contributed by atoms with van der Waals surface area (Å²) in [6, 6.07) is 0. The van der Waals surface area contributed by atoms with Crippen LogP contribution in [0, 0.1) is 18.7 Å². The summed E-state index contributed by atoms with van der Waals surface area (Å²) in [6.45, 7) is 4.73. The van der Waals surface area contributed by atoms with Gasteiger partial charge in [0.25, 0.3) is 0 Å². The zero-order valence-electron chi connectivity index (χ0n) is 10.1. The molecular weight excluding hydrogens is 233 g/mol. The summed E-state index contributed by atoms with van der Waals surface area (Å²) < 4.78 is 14.6. The first-order valence-corrected chi connectivity index (χ1v) is 5.92. The SMILES string of the molecule is Cc1cnn(CC2CN(c3ncc(F)cn3)C2)c1. The van der Waals surface area contributed by atoms with Gasteiger partial charge in [-0.25, -0.2) is 14.4 Å². The first-order valence-electron chi connectivity index (χ1n) is 5.92. The van der Waals surface area contributed by atoms with Crippen molar-refractivity contribution in [1.82, 2.24) is 19.7 Å². The number of aromatic nitrogens is 4. The van der Waals surface area contributed by atoms with Crippen molar-refractivity contribution >= 4 is 5.95 Å². The smallest absolute Gasteiger partial charge is 0.225 e. The first kappa shape index (κ1) is 11.1. The molecule has 0 bridgehead atoms. The van der Waals surface area contributed by atoms with E-state index in [1.807, 2.05) is 28.9 Å². The highest BCUT2D eigenvalue weighted by Crippen LogP contribution is 2.21. The maximum Gasteiger partial charge on any atom is 0.225 e. The van der Waals surface area contributed by atoms with E-state index < -0.39 is 5.82 Å². The van der Waals surface area contributed by atoms with Crippen molar-refractivity contribution in [2.45, 2.75) is 13.5 Å². The molecule has 3 heterocycles. The zero-order valence-corrected chi connectivity index (χ0v) is 10.1. The Morgan fingerprint density at radius 2 is 2.00 bits per heavy atom. The predicted molar refractivity (Wildman–Crippen MR) is 64.7 cm³/mol. The summed E-state index contributed by atoms with van der Waals surface area (Å²) in [7, 11) is 0. The van der Waals surface area contributed by atoms with Crippen LogP contribution in [0.2, 0.25) is 0 Å². The van der Waals surface area contributed by atoms with E-state index in [2.05, 4.69) is 15.1 Å². The van der Waals surface area contributed by atoms with Crippen molar-refractivity contribution in [2.75, 3.05) is 18.0 Å². The number of halogens is 1. The Labute approximate surface area is 104 Å². The maximum atomic E-state index is 12.7. The Hall–Kier alpha value is -1.98. The summed E-state index contributed by atoms with van der Waals surface area (Å²) >= 11 is 0. The van der Waals surface area contributed by atoms with Gasteiger partial charge in [-0.3, -0.25) is 4.68 Å². The highest BCUT2D eigenvalue weighted by Gasteiger charge is 2.28. The number of anilines is 1. The van der Waals surface area contributed by atoms with Gasteiger partial charge in [-0.15, -0.1) is 0 Å². The van der Waals surface area contributed by atoms with Crippen molar-refractivity contribution in [1.29, 1.82) is 0 Å². The molecule has 0 amide bonds. The zero-order chi connectivity index (χ0) is 12.5. The Morgan fingerprint density at radius 1 is 1.28 bits per heavy atom. The average Bonchev–Trinajstić information content (AvgIpc) is 2.71. The minimum atomic E-state index is -0.400. The number of aryl methyl sites for hydroxylation is 1. The standard InChI is InChI=1S/C12H14FN5/c1-9-2-16-18(5-9)8-10-6-17(7-10)12-14-3-11(13)4-15-12/h2-5,10H,6-8H2,1H3. The highest BCUT2D eigenvalue weighted by molar-refractivity contribution is 5.32. The molecule has 0 unspecified atom stereocenters. The van der Waals surface area contributed by atoms with Crippen LogP contribution in [0.1, 0.15) is 5.56 Å². The maximum absolute atomic E-state index is 12.7. The summed E-state index contributed by atoms with van der Waals surface area (Å²) in [5.74, 6) is 0.755. The lowest BCUT2D eigenvalue weighted by Crippen LogP contribution is -2.49. The fourth-order valence-corrected chi connectivity index (χ4v) is 2.15. The van der Waals surface area contributed by atoms with Crippen molar-refractivity contribution in [3.63, 3.8) is 0 Å². The van der Waals surface area contributed by atoms with Gasteiger partial charge in [0.15, 0.2) is 5.82 Å². The molecule has 3 rings (SSSR count). The van der Waals surface area contributed by atoms with Crippen LogP contribution < -0.4 is 4.90 Å². The molecule has 2 aromatic rings. The monoisotopic (exact) mass is 247 g/mol. The van der Waals surface area contributed by atoms with Gasteiger partial charge >= 0.3 is 0 Å². The minimum absolute atomic E-state index is 0.400. The number of hydrogen-bond donors (Lipinski definition) is 0. The van der Waals surface area contributed by atoms with E-state index in [0.29, 0.717) is 11.9 Å². The molecular formula is C12H14FN5. The Bertz CT molecular complexity index is 530. The normalized spacial score (nSPS) is 15.8. The van der Waals surface area contributed by atoms with Crippen molar-refractivity contribution in [3.8, 4) is 0 Å². The van der Waals surface area contributed by atoms with Crippen LogP contribution in [0.25, 0.3) is 0 Å². The molecule has 94 valence electrons. The highest BCUT2D eigenvalue weighted by atomic mass is 19.1. The summed E-state index contributed by atoms with van der Waals surface area (Å²) in [4.78, 5) is 9.97. The molecule has 0 saturated carbocycles. The number of hydrogen-bond acceptors (Lipinski definition) is 4. The molecule has 1 aliphatic heterocycles. The van der Waals surface area contributed by atoms with Gasteiger partial charge in [0.1, 0.15) is 0 Å². The second kappa shape index (κ2) is 4.36. The largest absolute Gasteiger partial charge is 0.340 e. The fourth-order valence-electron chi connectivity index (χ4n) is 2.15. The van der Waals surface area contributed by atoms with E-state index in [1.165, 1.54) is 18.0 Å². The lowest BCUT2D eigenvalue weighted by atomic mass is 10.0. The molecule has 1 aliphatic rings. The quantitative estimate of drug-likeness (QED) is 0.819. The molecule has 6 heteroatoms. The van der Waals surface area contributed by atoms with E-state index >= 15 is 0 Å². The van der Waals surface area contributed by atoms with Crippen LogP contribution in [0.4, 0.5) is 10.3 Å². The summed E-state index contributed by atoms with van der Waals surface area (Å²) in [5.41, 5.74) is 1.17. The number of rotatable bonds is 3. The second-order valence-corrected chi connectivity index (χ2v) is 4.71. The third kappa shape index (κ3) is 2.18. The van der Waals surface area contributed by atoms with E-state index in [0.717, 1.165) is 19.6 Å². The lowest BCUT2D eigenvalue weighted by Gasteiger charge is -2.39. The molecule has 5 nitrogen and oxygen atoms in total. The summed E-state index contributed by atoms with van der Waals surface area (Å²) in [5, 5.41) is 4.26. The Balaban J connectivity index is 1.55. The van der Waals surface area contributed by atoms with Crippen LogP contribution in [-0.2, 0) is 6.54 Å². The fraction of sp³-hybridized carbons (Fsp3) is 0.417. The second-order valence-electron chi connectivity index (χ2n) is 4.71. The van der Waals surface area contributed by atoms with Crippen molar-refractivity contribution < 1.29 is 4.39 Å². The van der Waals surface area contributed by atoms with E-state index in [4.69, 9.17) is 0 Å². The van der Waals surface area contributed by atoms with Crippen LogP contribution >= 0.6 is 0 Å². The van der Waals surface area contributed by atoms with Gasteiger partial charge in [0.05, 0.1) is 18.6 Å². The first-order chi connectivity index (χ1) is 8.70. The Kier molecular flexibility index (Phi) is 2.70. The number of nitrogens with zero attached hydrogens (tertiary/aromatic N) is 5. The predicted octanol–water partition coefficient (Wildman–Crippen LogP) is 1.26. The molecule has 0 aliphatic carbocycles. The molecule has 18 heavy (non-hydrogen) atoms. The summed E-state index contributed by atoms with van der Waals surface area (Å²) in [6.07, 6.45) is 6.30. The average molecular weight is 247 g/mol. The van der Waals surface area contributed by atoms with Crippen LogP contribution in [0.3, 0.4) is 0 Å². The third-order valence-corrected chi connectivity index (χ3v) is 3.05. The molecule has 2 aromatic heterocycles. The van der Waals surface area contributed by atoms with Gasteiger partial charge in [-0.05, 0) is 12.5 Å².